The fraction of sp³-hybridized carbons (Fsp3) is 0.235. The summed E-state index contributed by atoms with van der Waals surface area (Å²) >= 11 is 0. The quantitative estimate of drug-likeness (QED) is 0.768. The summed E-state index contributed by atoms with van der Waals surface area (Å²) in [6.07, 6.45) is 0.418. The summed E-state index contributed by atoms with van der Waals surface area (Å²) < 4.78 is 26.1. The van der Waals surface area contributed by atoms with Crippen molar-refractivity contribution >= 4 is 15.9 Å². The van der Waals surface area contributed by atoms with Gasteiger partial charge in [0.1, 0.15) is 0 Å². The lowest BCUT2D eigenvalue weighted by molar-refractivity contribution is -0.120. The Kier molecular flexibility index (Phi) is 6.31. The molecule has 0 atom stereocenters. The maximum Gasteiger partial charge on any atom is 0.235 e. The molecule has 6 heteroatoms. The van der Waals surface area contributed by atoms with Gasteiger partial charge in [-0.25, -0.2) is 13.1 Å². The number of hydrogen-bond acceptors (Lipinski definition) is 3. The van der Waals surface area contributed by atoms with Crippen molar-refractivity contribution in [2.75, 3.05) is 12.3 Å². The molecule has 23 heavy (non-hydrogen) atoms. The lowest BCUT2D eigenvalue weighted by atomic mass is 10.2. The van der Waals surface area contributed by atoms with Gasteiger partial charge in [0.05, 0.1) is 12.3 Å². The van der Waals surface area contributed by atoms with Gasteiger partial charge in [-0.3, -0.25) is 4.79 Å². The smallest absolute Gasteiger partial charge is 0.235 e. The number of nitrogens with one attached hydrogen (secondary N) is 2. The van der Waals surface area contributed by atoms with Gasteiger partial charge in [-0.15, -0.1) is 0 Å². The van der Waals surface area contributed by atoms with Gasteiger partial charge in [0.25, 0.3) is 0 Å². The van der Waals surface area contributed by atoms with E-state index in [1.807, 2.05) is 60.7 Å². The molecule has 0 unspecified atom stereocenters. The predicted molar refractivity (Wildman–Crippen MR) is 90.2 cm³/mol. The van der Waals surface area contributed by atoms with Crippen LogP contribution in [0.1, 0.15) is 11.1 Å². The van der Waals surface area contributed by atoms with E-state index in [1.54, 1.807) is 0 Å². The predicted octanol–water partition coefficient (Wildman–Crippen LogP) is 1.46. The molecule has 0 aliphatic heterocycles. The Morgan fingerprint density at radius 3 is 2.04 bits per heavy atom. The number of amides is 1. The average molecular weight is 332 g/mol. The second-order valence-corrected chi connectivity index (χ2v) is 7.06. The molecule has 0 bridgehead atoms. The molecule has 122 valence electrons. The maximum atomic E-state index is 11.9. The van der Waals surface area contributed by atoms with E-state index in [9.17, 15) is 13.2 Å². The Bertz CT molecular complexity index is 716. The third kappa shape index (κ3) is 6.63. The first-order valence-corrected chi connectivity index (χ1v) is 9.02. The van der Waals surface area contributed by atoms with Crippen LogP contribution < -0.4 is 10.0 Å². The highest BCUT2D eigenvalue weighted by molar-refractivity contribution is 7.89. The van der Waals surface area contributed by atoms with Crippen LogP contribution in [-0.4, -0.2) is 26.6 Å². The van der Waals surface area contributed by atoms with E-state index < -0.39 is 10.0 Å². The van der Waals surface area contributed by atoms with Gasteiger partial charge in [0, 0.05) is 6.54 Å². The van der Waals surface area contributed by atoms with Crippen molar-refractivity contribution < 1.29 is 13.2 Å². The molecule has 0 radical (unpaired) electrons. The molecule has 2 aromatic carbocycles. The van der Waals surface area contributed by atoms with Crippen molar-refractivity contribution in [3.05, 3.63) is 71.8 Å². The lowest BCUT2D eigenvalue weighted by Gasteiger charge is -2.08. The number of aryl methyl sites for hydroxylation is 1. The summed E-state index contributed by atoms with van der Waals surface area (Å²) in [5.41, 5.74) is 1.92. The van der Waals surface area contributed by atoms with Gasteiger partial charge in [0.15, 0.2) is 0 Å². The number of rotatable bonds is 8. The van der Waals surface area contributed by atoms with Crippen LogP contribution in [0.4, 0.5) is 0 Å². The number of benzene rings is 2. The van der Waals surface area contributed by atoms with E-state index >= 15 is 0 Å². The standard InChI is InChI=1S/C17H20N2O3S/c20-17(18-13-16-9-5-2-6-10-16)14-19-23(21,22)12-11-15-7-3-1-4-8-15/h1-10,19H,11-14H2,(H,18,20). The van der Waals surface area contributed by atoms with Crippen LogP contribution in [0.2, 0.25) is 0 Å². The largest absolute Gasteiger partial charge is 0.351 e. The summed E-state index contributed by atoms with van der Waals surface area (Å²) in [6, 6.07) is 18.8. The van der Waals surface area contributed by atoms with Crippen LogP contribution in [0, 0.1) is 0 Å². The van der Waals surface area contributed by atoms with Crippen LogP contribution in [0.3, 0.4) is 0 Å². The van der Waals surface area contributed by atoms with Crippen LogP contribution in [0.25, 0.3) is 0 Å². The van der Waals surface area contributed by atoms with Crippen molar-refractivity contribution in [2.24, 2.45) is 0 Å². The van der Waals surface area contributed by atoms with Crippen molar-refractivity contribution in [1.29, 1.82) is 0 Å². The zero-order chi connectivity index (χ0) is 16.5. The Balaban J connectivity index is 1.72. The summed E-state index contributed by atoms with van der Waals surface area (Å²) in [6.45, 7) is 0.134. The zero-order valence-corrected chi connectivity index (χ0v) is 13.6. The topological polar surface area (TPSA) is 75.3 Å². The summed E-state index contributed by atoms with van der Waals surface area (Å²) in [7, 11) is -3.47. The molecule has 0 aliphatic rings. The maximum absolute atomic E-state index is 11.9. The normalized spacial score (nSPS) is 11.1. The molecule has 2 aromatic rings. The summed E-state index contributed by atoms with van der Waals surface area (Å²) in [4.78, 5) is 11.7. The number of sulfonamides is 1. The van der Waals surface area contributed by atoms with E-state index in [4.69, 9.17) is 0 Å². The molecule has 0 aliphatic carbocycles. The summed E-state index contributed by atoms with van der Waals surface area (Å²) in [5, 5.41) is 2.68. The Morgan fingerprint density at radius 1 is 0.870 bits per heavy atom. The number of carbonyl (C=O) groups is 1. The minimum Gasteiger partial charge on any atom is -0.351 e. The molecule has 0 aromatic heterocycles. The average Bonchev–Trinajstić information content (AvgIpc) is 2.58. The zero-order valence-electron chi connectivity index (χ0n) is 12.7. The fourth-order valence-electron chi connectivity index (χ4n) is 2.00. The third-order valence-electron chi connectivity index (χ3n) is 3.29. The second kappa shape index (κ2) is 8.45. The molecule has 2 N–H and O–H groups in total. The van der Waals surface area contributed by atoms with Crippen LogP contribution in [-0.2, 0) is 27.8 Å². The highest BCUT2D eigenvalue weighted by atomic mass is 32.2. The van der Waals surface area contributed by atoms with Gasteiger partial charge in [-0.05, 0) is 17.5 Å². The SMILES string of the molecule is O=C(CNS(=O)(=O)CCc1ccccc1)NCc1ccccc1. The van der Waals surface area contributed by atoms with E-state index in [1.165, 1.54) is 0 Å². The number of carbonyl (C=O) groups excluding carboxylic acids is 1. The van der Waals surface area contributed by atoms with Crippen LogP contribution in [0.15, 0.2) is 60.7 Å². The van der Waals surface area contributed by atoms with Crippen molar-refractivity contribution in [3.8, 4) is 0 Å². The molecule has 0 fully saturated rings. The Labute approximate surface area is 136 Å². The summed E-state index contributed by atoms with van der Waals surface area (Å²) in [5.74, 6) is -0.389. The van der Waals surface area contributed by atoms with E-state index in [0.717, 1.165) is 11.1 Å². The first-order chi connectivity index (χ1) is 11.1. The molecule has 5 nitrogen and oxygen atoms in total. The van der Waals surface area contributed by atoms with Crippen LogP contribution in [0.5, 0.6) is 0 Å². The highest BCUT2D eigenvalue weighted by Crippen LogP contribution is 2.01. The molecule has 0 saturated carbocycles. The van der Waals surface area contributed by atoms with Gasteiger partial charge in [0.2, 0.25) is 15.9 Å². The van der Waals surface area contributed by atoms with E-state index in [0.29, 0.717) is 13.0 Å². The van der Waals surface area contributed by atoms with Crippen molar-refractivity contribution in [3.63, 3.8) is 0 Å². The second-order valence-electron chi connectivity index (χ2n) is 5.14. The van der Waals surface area contributed by atoms with Gasteiger partial charge in [-0.2, -0.15) is 0 Å². The Hall–Kier alpha value is -2.18. The molecule has 0 spiro atoms. The lowest BCUT2D eigenvalue weighted by Crippen LogP contribution is -2.37. The highest BCUT2D eigenvalue weighted by Gasteiger charge is 2.12. The first-order valence-electron chi connectivity index (χ1n) is 7.37. The molecular weight excluding hydrogens is 312 g/mol. The molecule has 2 rings (SSSR count). The number of hydrogen-bond donors (Lipinski definition) is 2. The minimum atomic E-state index is -3.47. The van der Waals surface area contributed by atoms with Crippen molar-refractivity contribution in [1.82, 2.24) is 10.0 Å². The van der Waals surface area contributed by atoms with E-state index in [2.05, 4.69) is 10.0 Å². The molecular formula is C17H20N2O3S. The van der Waals surface area contributed by atoms with E-state index in [-0.39, 0.29) is 18.2 Å². The molecule has 0 saturated heterocycles. The molecule has 1 amide bonds. The van der Waals surface area contributed by atoms with Gasteiger partial charge in [-0.1, -0.05) is 60.7 Å². The van der Waals surface area contributed by atoms with Crippen LogP contribution >= 0.6 is 0 Å². The Morgan fingerprint density at radius 2 is 1.43 bits per heavy atom. The van der Waals surface area contributed by atoms with Gasteiger partial charge >= 0.3 is 0 Å². The monoisotopic (exact) mass is 332 g/mol. The fourth-order valence-corrected chi connectivity index (χ4v) is 3.00. The van der Waals surface area contributed by atoms with Crippen molar-refractivity contribution in [2.45, 2.75) is 13.0 Å². The minimum absolute atomic E-state index is 0.0387. The molecule has 0 heterocycles. The third-order valence-corrected chi connectivity index (χ3v) is 4.61. The van der Waals surface area contributed by atoms with Gasteiger partial charge < -0.3 is 5.32 Å². The first kappa shape index (κ1) is 17.2.